The van der Waals surface area contributed by atoms with Crippen LogP contribution in [-0.2, 0) is 4.79 Å². The first-order valence-corrected chi connectivity index (χ1v) is 7.27. The molecule has 0 unspecified atom stereocenters. The molecule has 0 saturated carbocycles. The molecule has 0 radical (unpaired) electrons. The number of nitro groups is 1. The topological polar surface area (TPSA) is 87.2 Å². The van der Waals surface area contributed by atoms with Crippen molar-refractivity contribution in [2.45, 2.75) is 25.7 Å². The van der Waals surface area contributed by atoms with Crippen LogP contribution in [0.25, 0.3) is 6.08 Å². The molecule has 1 aliphatic rings. The molecule has 2 rings (SSSR count). The maximum atomic E-state index is 12.4. The third kappa shape index (κ3) is 3.92. The highest BCUT2D eigenvalue weighted by Crippen LogP contribution is 2.17. The van der Waals surface area contributed by atoms with Crippen molar-refractivity contribution in [2.24, 2.45) is 0 Å². The molecule has 1 amide bonds. The van der Waals surface area contributed by atoms with Gasteiger partial charge in [0.15, 0.2) is 0 Å². The summed E-state index contributed by atoms with van der Waals surface area (Å²) in [5.74, 6) is -0.261. The summed E-state index contributed by atoms with van der Waals surface area (Å²) in [5.41, 5.74) is 0.649. The average molecular weight is 299 g/mol. The third-order valence-electron chi connectivity index (χ3n) is 3.66. The van der Waals surface area contributed by atoms with Gasteiger partial charge < -0.3 is 4.90 Å². The summed E-state index contributed by atoms with van der Waals surface area (Å²) in [6.45, 7) is 1.36. The first kappa shape index (κ1) is 15.7. The van der Waals surface area contributed by atoms with E-state index in [0.717, 1.165) is 25.7 Å². The number of carbonyl (C=O) groups is 1. The smallest absolute Gasteiger partial charge is 0.269 e. The molecular weight excluding hydrogens is 282 g/mol. The van der Waals surface area contributed by atoms with Crippen LogP contribution >= 0.6 is 0 Å². The molecular formula is C16H17N3O3. The third-order valence-corrected chi connectivity index (χ3v) is 3.66. The number of hydrogen-bond donors (Lipinski definition) is 0. The van der Waals surface area contributed by atoms with E-state index in [-0.39, 0.29) is 17.2 Å². The van der Waals surface area contributed by atoms with E-state index in [0.29, 0.717) is 18.7 Å². The summed E-state index contributed by atoms with van der Waals surface area (Å²) >= 11 is 0. The predicted octanol–water partition coefficient (Wildman–Crippen LogP) is 2.90. The van der Waals surface area contributed by atoms with Crippen LogP contribution in [0.2, 0.25) is 0 Å². The Hall–Kier alpha value is -2.68. The number of benzene rings is 1. The normalized spacial score (nSPS) is 15.8. The Labute approximate surface area is 128 Å². The van der Waals surface area contributed by atoms with Gasteiger partial charge in [-0.3, -0.25) is 14.9 Å². The molecule has 6 heteroatoms. The highest BCUT2D eigenvalue weighted by atomic mass is 16.6. The Morgan fingerprint density at radius 3 is 2.27 bits per heavy atom. The minimum Gasteiger partial charge on any atom is -0.338 e. The Morgan fingerprint density at radius 1 is 1.18 bits per heavy atom. The zero-order valence-corrected chi connectivity index (χ0v) is 12.2. The molecule has 1 fully saturated rings. The number of likely N-dealkylation sites (tertiary alicyclic amines) is 1. The summed E-state index contributed by atoms with van der Waals surface area (Å²) in [4.78, 5) is 24.2. The molecule has 1 saturated heterocycles. The Bertz CT molecular complexity index is 621. The van der Waals surface area contributed by atoms with Crippen LogP contribution in [0.3, 0.4) is 0 Å². The van der Waals surface area contributed by atoms with Crippen LogP contribution in [0.4, 0.5) is 5.69 Å². The van der Waals surface area contributed by atoms with Crippen LogP contribution < -0.4 is 0 Å². The van der Waals surface area contributed by atoms with Crippen molar-refractivity contribution in [2.75, 3.05) is 13.1 Å². The van der Waals surface area contributed by atoms with E-state index in [1.165, 1.54) is 30.3 Å². The lowest BCUT2D eigenvalue weighted by Crippen LogP contribution is -2.32. The van der Waals surface area contributed by atoms with E-state index in [9.17, 15) is 20.2 Å². The minimum atomic E-state index is -0.485. The summed E-state index contributed by atoms with van der Waals surface area (Å²) in [5, 5.41) is 19.8. The van der Waals surface area contributed by atoms with Gasteiger partial charge in [-0.15, -0.1) is 0 Å². The van der Waals surface area contributed by atoms with Crippen molar-refractivity contribution >= 4 is 17.7 Å². The molecule has 0 bridgehead atoms. The molecule has 114 valence electrons. The largest absolute Gasteiger partial charge is 0.338 e. The van der Waals surface area contributed by atoms with Crippen molar-refractivity contribution in [3.8, 4) is 6.07 Å². The Kier molecular flexibility index (Phi) is 5.26. The van der Waals surface area contributed by atoms with E-state index >= 15 is 0 Å². The standard InChI is InChI=1S/C16H17N3O3/c17-12-14(16(20)18-9-3-1-2-4-10-18)11-13-5-7-15(8-6-13)19(21)22/h5-8,11H,1-4,9-10H2/b14-11+. The van der Waals surface area contributed by atoms with Gasteiger partial charge in [-0.05, 0) is 36.6 Å². The minimum absolute atomic E-state index is 0.0190. The fraction of sp³-hybridized carbons (Fsp3) is 0.375. The quantitative estimate of drug-likeness (QED) is 0.371. The van der Waals surface area contributed by atoms with Crippen molar-refractivity contribution in [1.29, 1.82) is 5.26 Å². The number of hydrogen-bond acceptors (Lipinski definition) is 4. The maximum Gasteiger partial charge on any atom is 0.269 e. The van der Waals surface area contributed by atoms with Gasteiger partial charge in [0.1, 0.15) is 11.6 Å². The van der Waals surface area contributed by atoms with Gasteiger partial charge in [0.25, 0.3) is 11.6 Å². The number of nitro benzene ring substituents is 1. The summed E-state index contributed by atoms with van der Waals surface area (Å²) in [6.07, 6.45) is 5.62. The molecule has 0 aliphatic carbocycles. The van der Waals surface area contributed by atoms with E-state index in [1.807, 2.05) is 6.07 Å². The number of non-ortho nitro benzene ring substituents is 1. The van der Waals surface area contributed by atoms with E-state index in [1.54, 1.807) is 4.90 Å². The first-order valence-electron chi connectivity index (χ1n) is 7.27. The van der Waals surface area contributed by atoms with Crippen molar-refractivity contribution in [1.82, 2.24) is 4.90 Å². The van der Waals surface area contributed by atoms with Gasteiger partial charge in [0.05, 0.1) is 4.92 Å². The highest BCUT2D eigenvalue weighted by molar-refractivity contribution is 6.01. The van der Waals surface area contributed by atoms with Gasteiger partial charge in [0.2, 0.25) is 0 Å². The average Bonchev–Trinajstić information content (AvgIpc) is 2.81. The molecule has 1 aromatic carbocycles. The Balaban J connectivity index is 2.17. The first-order chi connectivity index (χ1) is 10.6. The van der Waals surface area contributed by atoms with Crippen LogP contribution in [0.5, 0.6) is 0 Å². The highest BCUT2D eigenvalue weighted by Gasteiger charge is 2.19. The molecule has 0 spiro atoms. The lowest BCUT2D eigenvalue weighted by molar-refractivity contribution is -0.384. The van der Waals surface area contributed by atoms with Crippen LogP contribution in [0, 0.1) is 21.4 Å². The van der Waals surface area contributed by atoms with E-state index < -0.39 is 4.92 Å². The Morgan fingerprint density at radius 2 is 1.77 bits per heavy atom. The zero-order chi connectivity index (χ0) is 15.9. The van der Waals surface area contributed by atoms with Gasteiger partial charge >= 0.3 is 0 Å². The molecule has 0 N–H and O–H groups in total. The number of nitrogens with zero attached hydrogens (tertiary/aromatic N) is 3. The number of amides is 1. The zero-order valence-electron chi connectivity index (χ0n) is 12.2. The molecule has 0 atom stereocenters. The van der Waals surface area contributed by atoms with Crippen molar-refractivity contribution in [3.05, 3.63) is 45.5 Å². The van der Waals surface area contributed by atoms with E-state index in [4.69, 9.17) is 0 Å². The summed E-state index contributed by atoms with van der Waals surface area (Å²) < 4.78 is 0. The molecule has 1 heterocycles. The number of rotatable bonds is 3. The molecule has 6 nitrogen and oxygen atoms in total. The van der Waals surface area contributed by atoms with Gasteiger partial charge in [-0.25, -0.2) is 0 Å². The predicted molar refractivity (Wildman–Crippen MR) is 81.7 cm³/mol. The van der Waals surface area contributed by atoms with E-state index in [2.05, 4.69) is 0 Å². The van der Waals surface area contributed by atoms with Crippen molar-refractivity contribution in [3.63, 3.8) is 0 Å². The molecule has 22 heavy (non-hydrogen) atoms. The second-order valence-corrected chi connectivity index (χ2v) is 5.22. The van der Waals surface area contributed by atoms with Gasteiger partial charge in [-0.2, -0.15) is 5.26 Å². The second-order valence-electron chi connectivity index (χ2n) is 5.22. The fourth-order valence-electron chi connectivity index (χ4n) is 2.44. The summed E-state index contributed by atoms with van der Waals surface area (Å²) in [7, 11) is 0. The van der Waals surface area contributed by atoms with Gasteiger partial charge in [-0.1, -0.05) is 12.8 Å². The fourth-order valence-corrected chi connectivity index (χ4v) is 2.44. The molecule has 1 aromatic rings. The molecule has 1 aliphatic heterocycles. The lowest BCUT2D eigenvalue weighted by Gasteiger charge is -2.19. The van der Waals surface area contributed by atoms with Crippen LogP contribution in [-0.4, -0.2) is 28.8 Å². The number of nitriles is 1. The maximum absolute atomic E-state index is 12.4. The second kappa shape index (κ2) is 7.36. The lowest BCUT2D eigenvalue weighted by atomic mass is 10.1. The van der Waals surface area contributed by atoms with Gasteiger partial charge in [0, 0.05) is 25.2 Å². The van der Waals surface area contributed by atoms with Crippen LogP contribution in [0.1, 0.15) is 31.2 Å². The molecule has 0 aromatic heterocycles. The SMILES string of the molecule is N#C/C(=C\c1ccc([N+](=O)[O-])cc1)C(=O)N1CCCCCC1. The number of carbonyl (C=O) groups excluding carboxylic acids is 1. The summed E-state index contributed by atoms with van der Waals surface area (Å²) in [6, 6.07) is 7.72. The monoisotopic (exact) mass is 299 g/mol. The van der Waals surface area contributed by atoms with Crippen LogP contribution in [0.15, 0.2) is 29.8 Å². The van der Waals surface area contributed by atoms with Crippen molar-refractivity contribution < 1.29 is 9.72 Å².